The molecule has 20 heavy (non-hydrogen) atoms. The summed E-state index contributed by atoms with van der Waals surface area (Å²) in [6.07, 6.45) is 0.626. The summed E-state index contributed by atoms with van der Waals surface area (Å²) in [5, 5.41) is 3.56. The molecule has 0 atom stereocenters. The van der Waals surface area contributed by atoms with Gasteiger partial charge < -0.3 is 10.6 Å². The van der Waals surface area contributed by atoms with E-state index in [1.807, 2.05) is 0 Å². The third-order valence-corrected chi connectivity index (χ3v) is 3.26. The molecule has 1 fully saturated rings. The number of nitrogens with two attached hydrogens (primary N) is 1. The van der Waals surface area contributed by atoms with Gasteiger partial charge >= 0.3 is 6.18 Å². The molecule has 0 bridgehead atoms. The van der Waals surface area contributed by atoms with Gasteiger partial charge in [0, 0.05) is 19.3 Å². The van der Waals surface area contributed by atoms with Crippen LogP contribution < -0.4 is 5.73 Å². The number of alkyl halides is 3. The molecule has 2 N–H and O–H groups in total. The van der Waals surface area contributed by atoms with E-state index in [4.69, 9.17) is 5.73 Å². The molecular formula is C12H17F3N4O. The van der Waals surface area contributed by atoms with Gasteiger partial charge in [-0.05, 0) is 12.8 Å². The first-order valence-corrected chi connectivity index (χ1v) is 6.56. The standard InChI is InChI=1S/C12H17F3N4O/c13-12(14,15)8-19-7-9(10(16)17-19)11(20)18-5-3-1-2-4-6-18/h7H,1-6,8H2,(H2,16,17). The zero-order chi connectivity index (χ0) is 14.8. The number of anilines is 1. The number of carbonyl (C=O) groups is 1. The average Bonchev–Trinajstić information content (AvgIpc) is 2.56. The lowest BCUT2D eigenvalue weighted by Gasteiger charge is -2.19. The minimum atomic E-state index is -4.39. The normalized spacial score (nSPS) is 17.1. The van der Waals surface area contributed by atoms with E-state index in [1.54, 1.807) is 4.90 Å². The second-order valence-electron chi connectivity index (χ2n) is 4.95. The van der Waals surface area contributed by atoms with Gasteiger partial charge in [-0.1, -0.05) is 12.8 Å². The number of hydrogen-bond donors (Lipinski definition) is 1. The van der Waals surface area contributed by atoms with E-state index in [-0.39, 0.29) is 17.3 Å². The fraction of sp³-hybridized carbons (Fsp3) is 0.667. The largest absolute Gasteiger partial charge is 0.408 e. The molecule has 0 aliphatic carbocycles. The topological polar surface area (TPSA) is 64.1 Å². The summed E-state index contributed by atoms with van der Waals surface area (Å²) in [4.78, 5) is 13.9. The van der Waals surface area contributed by atoms with Crippen LogP contribution in [0.5, 0.6) is 0 Å². The van der Waals surface area contributed by atoms with Crippen LogP contribution in [0.2, 0.25) is 0 Å². The van der Waals surface area contributed by atoms with E-state index in [0.29, 0.717) is 17.8 Å². The minimum Gasteiger partial charge on any atom is -0.382 e. The second-order valence-corrected chi connectivity index (χ2v) is 4.95. The number of nitrogen functional groups attached to an aromatic ring is 1. The Morgan fingerprint density at radius 2 is 1.85 bits per heavy atom. The summed E-state index contributed by atoms with van der Waals surface area (Å²) >= 11 is 0. The Bertz CT molecular complexity index is 476. The smallest absolute Gasteiger partial charge is 0.382 e. The molecule has 8 heteroatoms. The second kappa shape index (κ2) is 5.72. The molecule has 2 heterocycles. The van der Waals surface area contributed by atoms with Crippen molar-refractivity contribution in [3.05, 3.63) is 11.8 Å². The van der Waals surface area contributed by atoms with Gasteiger partial charge in [-0.25, -0.2) is 0 Å². The van der Waals surface area contributed by atoms with Crippen LogP contribution in [0.25, 0.3) is 0 Å². The number of aromatic nitrogens is 2. The van der Waals surface area contributed by atoms with Crippen LogP contribution in [0.4, 0.5) is 19.0 Å². The molecule has 112 valence electrons. The van der Waals surface area contributed by atoms with E-state index >= 15 is 0 Å². The summed E-state index contributed by atoms with van der Waals surface area (Å²) in [7, 11) is 0. The lowest BCUT2D eigenvalue weighted by Crippen LogP contribution is -2.32. The maximum absolute atomic E-state index is 12.3. The van der Waals surface area contributed by atoms with Crippen molar-refractivity contribution in [3.63, 3.8) is 0 Å². The number of amides is 1. The summed E-state index contributed by atoms with van der Waals surface area (Å²) < 4.78 is 37.6. The van der Waals surface area contributed by atoms with Gasteiger partial charge in [0.1, 0.15) is 12.1 Å². The predicted molar refractivity (Wildman–Crippen MR) is 67.1 cm³/mol. The van der Waals surface area contributed by atoms with Crippen LogP contribution in [0, 0.1) is 0 Å². The van der Waals surface area contributed by atoms with Crippen molar-refractivity contribution < 1.29 is 18.0 Å². The van der Waals surface area contributed by atoms with Crippen molar-refractivity contribution in [3.8, 4) is 0 Å². The SMILES string of the molecule is Nc1nn(CC(F)(F)F)cc1C(=O)N1CCCCCC1. The number of halogens is 3. The monoisotopic (exact) mass is 290 g/mol. The van der Waals surface area contributed by atoms with Gasteiger partial charge in [-0.15, -0.1) is 0 Å². The molecule has 1 amide bonds. The molecule has 1 aromatic heterocycles. The molecule has 1 aromatic rings. The van der Waals surface area contributed by atoms with Crippen molar-refractivity contribution in [2.24, 2.45) is 0 Å². The Kier molecular flexibility index (Phi) is 4.20. The summed E-state index contributed by atoms with van der Waals surface area (Å²) in [5.74, 6) is -0.485. The lowest BCUT2D eigenvalue weighted by molar-refractivity contribution is -0.142. The predicted octanol–water partition coefficient (Wildman–Crippen LogP) is 2.04. The van der Waals surface area contributed by atoms with Gasteiger partial charge in [-0.2, -0.15) is 18.3 Å². The quantitative estimate of drug-likeness (QED) is 0.906. The minimum absolute atomic E-state index is 0.0520. The molecule has 1 aliphatic heterocycles. The third-order valence-electron chi connectivity index (χ3n) is 3.26. The number of nitrogens with zero attached hydrogens (tertiary/aromatic N) is 3. The maximum Gasteiger partial charge on any atom is 0.408 e. The van der Waals surface area contributed by atoms with Crippen LogP contribution in [0.1, 0.15) is 36.0 Å². The van der Waals surface area contributed by atoms with Gasteiger partial charge in [0.05, 0.1) is 0 Å². The summed E-state index contributed by atoms with van der Waals surface area (Å²) in [6, 6.07) is 0. The number of carbonyl (C=O) groups excluding carboxylic acids is 1. The Morgan fingerprint density at radius 3 is 2.40 bits per heavy atom. The van der Waals surface area contributed by atoms with E-state index in [9.17, 15) is 18.0 Å². The van der Waals surface area contributed by atoms with Crippen molar-refractivity contribution in [1.82, 2.24) is 14.7 Å². The van der Waals surface area contributed by atoms with Crippen molar-refractivity contribution >= 4 is 11.7 Å². The highest BCUT2D eigenvalue weighted by molar-refractivity contribution is 5.98. The molecule has 0 aromatic carbocycles. The van der Waals surface area contributed by atoms with Crippen LogP contribution in [0.15, 0.2) is 6.20 Å². The zero-order valence-corrected chi connectivity index (χ0v) is 11.0. The van der Waals surface area contributed by atoms with E-state index < -0.39 is 12.7 Å². The van der Waals surface area contributed by atoms with E-state index in [2.05, 4.69) is 5.10 Å². The van der Waals surface area contributed by atoms with E-state index in [0.717, 1.165) is 31.9 Å². The number of hydrogen-bond acceptors (Lipinski definition) is 3. The first-order valence-electron chi connectivity index (χ1n) is 6.56. The van der Waals surface area contributed by atoms with Crippen LogP contribution >= 0.6 is 0 Å². The van der Waals surface area contributed by atoms with Crippen LogP contribution in [-0.2, 0) is 6.54 Å². The molecule has 2 rings (SSSR count). The van der Waals surface area contributed by atoms with Crippen molar-refractivity contribution in [2.45, 2.75) is 38.4 Å². The van der Waals surface area contributed by atoms with Crippen molar-refractivity contribution in [2.75, 3.05) is 18.8 Å². The highest BCUT2D eigenvalue weighted by Gasteiger charge is 2.30. The Balaban J connectivity index is 2.13. The molecule has 1 aliphatic rings. The fourth-order valence-corrected chi connectivity index (χ4v) is 2.31. The molecule has 0 unspecified atom stereocenters. The van der Waals surface area contributed by atoms with Crippen LogP contribution in [0.3, 0.4) is 0 Å². The van der Waals surface area contributed by atoms with E-state index in [1.165, 1.54) is 0 Å². The lowest BCUT2D eigenvalue weighted by atomic mass is 10.2. The number of likely N-dealkylation sites (tertiary alicyclic amines) is 1. The Morgan fingerprint density at radius 1 is 1.25 bits per heavy atom. The molecule has 5 nitrogen and oxygen atoms in total. The first kappa shape index (κ1) is 14.7. The van der Waals surface area contributed by atoms with Gasteiger partial charge in [0.25, 0.3) is 5.91 Å². The Labute approximate surface area is 114 Å². The fourth-order valence-electron chi connectivity index (χ4n) is 2.31. The Hall–Kier alpha value is -1.73. The van der Waals surface area contributed by atoms with Crippen molar-refractivity contribution in [1.29, 1.82) is 0 Å². The molecule has 0 spiro atoms. The summed E-state index contributed by atoms with van der Waals surface area (Å²) in [6.45, 7) is -0.0179. The van der Waals surface area contributed by atoms with Gasteiger partial charge in [0.15, 0.2) is 5.82 Å². The molecule has 0 radical (unpaired) electrons. The third kappa shape index (κ3) is 3.64. The highest BCUT2D eigenvalue weighted by atomic mass is 19.4. The maximum atomic E-state index is 12.3. The number of rotatable bonds is 2. The molecule has 1 saturated heterocycles. The highest BCUT2D eigenvalue weighted by Crippen LogP contribution is 2.20. The zero-order valence-electron chi connectivity index (χ0n) is 11.0. The molecule has 0 saturated carbocycles. The first-order chi connectivity index (χ1) is 9.37. The summed E-state index contributed by atoms with van der Waals surface area (Å²) in [5.41, 5.74) is 5.61. The van der Waals surface area contributed by atoms with Gasteiger partial charge in [0.2, 0.25) is 0 Å². The average molecular weight is 290 g/mol. The molecular weight excluding hydrogens is 273 g/mol. The van der Waals surface area contributed by atoms with Gasteiger partial charge in [-0.3, -0.25) is 9.48 Å². The van der Waals surface area contributed by atoms with Crippen LogP contribution in [-0.4, -0.2) is 39.9 Å².